The monoisotopic (exact) mass is 269 g/mol. The number of hydrogen-bond acceptors (Lipinski definition) is 2. The van der Waals surface area contributed by atoms with E-state index in [1.807, 2.05) is 13.8 Å². The van der Waals surface area contributed by atoms with Crippen molar-refractivity contribution in [2.24, 2.45) is 0 Å². The second-order valence-corrected chi connectivity index (χ2v) is 4.23. The molecule has 0 fully saturated rings. The van der Waals surface area contributed by atoms with Gasteiger partial charge in [0.25, 0.3) is 0 Å². The molecule has 1 unspecified atom stereocenters. The van der Waals surface area contributed by atoms with E-state index in [4.69, 9.17) is 4.42 Å². The zero-order chi connectivity index (χ0) is 14.0. The Morgan fingerprint density at radius 3 is 2.63 bits per heavy atom. The third-order valence-electron chi connectivity index (χ3n) is 2.82. The van der Waals surface area contributed by atoms with Crippen molar-refractivity contribution in [1.82, 2.24) is 5.32 Å². The highest BCUT2D eigenvalue weighted by molar-refractivity contribution is 5.58. The minimum absolute atomic E-state index is 0.0554. The van der Waals surface area contributed by atoms with Crippen molar-refractivity contribution in [2.75, 3.05) is 6.54 Å². The first-order valence-electron chi connectivity index (χ1n) is 6.01. The normalized spacial score (nSPS) is 12.7. The van der Waals surface area contributed by atoms with E-state index < -0.39 is 17.5 Å². The Labute approximate surface area is 109 Å². The fourth-order valence-corrected chi connectivity index (χ4v) is 1.87. The molecule has 19 heavy (non-hydrogen) atoms. The number of halogens is 3. The smallest absolute Gasteiger partial charge is 0.169 e. The van der Waals surface area contributed by atoms with Crippen molar-refractivity contribution in [3.63, 3.8) is 0 Å². The fraction of sp³-hybridized carbons (Fsp3) is 0.286. The molecule has 0 aliphatic carbocycles. The molecule has 0 amide bonds. The fourth-order valence-electron chi connectivity index (χ4n) is 1.87. The number of furan rings is 1. The maximum absolute atomic E-state index is 13.6. The predicted molar refractivity (Wildman–Crippen MR) is 66.1 cm³/mol. The molecule has 2 aromatic rings. The van der Waals surface area contributed by atoms with Gasteiger partial charge in [-0.05, 0) is 31.7 Å². The molecule has 0 aliphatic heterocycles. The van der Waals surface area contributed by atoms with Crippen molar-refractivity contribution in [1.29, 1.82) is 0 Å². The summed E-state index contributed by atoms with van der Waals surface area (Å²) in [5, 5.41) is 3.13. The molecule has 1 heterocycles. The van der Waals surface area contributed by atoms with Crippen LogP contribution in [0.5, 0.6) is 0 Å². The van der Waals surface area contributed by atoms with E-state index in [-0.39, 0.29) is 17.4 Å². The summed E-state index contributed by atoms with van der Waals surface area (Å²) < 4.78 is 45.3. The Bertz CT molecular complexity index is 580. The molecule has 5 heteroatoms. The van der Waals surface area contributed by atoms with E-state index in [9.17, 15) is 13.2 Å². The van der Waals surface area contributed by atoms with Gasteiger partial charge >= 0.3 is 0 Å². The van der Waals surface area contributed by atoms with Crippen LogP contribution in [0.3, 0.4) is 0 Å². The van der Waals surface area contributed by atoms with Gasteiger partial charge in [-0.3, -0.25) is 0 Å². The minimum Gasteiger partial charge on any atom is -0.459 e. The molecule has 0 radical (unpaired) electrons. The molecule has 1 atom stereocenters. The maximum atomic E-state index is 13.6. The summed E-state index contributed by atoms with van der Waals surface area (Å²) in [6, 6.07) is 4.52. The third-order valence-corrected chi connectivity index (χ3v) is 2.82. The lowest BCUT2D eigenvalue weighted by Gasteiger charge is -2.08. The lowest BCUT2D eigenvalue weighted by atomic mass is 10.1. The van der Waals surface area contributed by atoms with Gasteiger partial charge in [-0.15, -0.1) is 0 Å². The first-order valence-corrected chi connectivity index (χ1v) is 6.01. The van der Waals surface area contributed by atoms with Crippen LogP contribution in [0.1, 0.15) is 25.6 Å². The third kappa shape index (κ3) is 2.81. The molecular formula is C14H14F3NO. The highest BCUT2D eigenvalue weighted by Gasteiger charge is 2.17. The lowest BCUT2D eigenvalue weighted by Crippen LogP contribution is -2.16. The molecule has 2 nitrogen and oxygen atoms in total. The number of hydrogen-bond donors (Lipinski definition) is 1. The molecule has 0 saturated heterocycles. The van der Waals surface area contributed by atoms with Gasteiger partial charge < -0.3 is 9.73 Å². The second-order valence-electron chi connectivity index (χ2n) is 4.23. The maximum Gasteiger partial charge on any atom is 0.169 e. The van der Waals surface area contributed by atoms with Gasteiger partial charge in [0.2, 0.25) is 0 Å². The first kappa shape index (κ1) is 13.7. The molecule has 0 spiro atoms. The van der Waals surface area contributed by atoms with Crippen molar-refractivity contribution < 1.29 is 17.6 Å². The summed E-state index contributed by atoms with van der Waals surface area (Å²) in [4.78, 5) is 0. The largest absolute Gasteiger partial charge is 0.459 e. The Kier molecular flexibility index (Phi) is 3.95. The van der Waals surface area contributed by atoms with Crippen LogP contribution in [-0.2, 0) is 0 Å². The summed E-state index contributed by atoms with van der Waals surface area (Å²) in [7, 11) is 0. The summed E-state index contributed by atoms with van der Waals surface area (Å²) in [5.74, 6) is -2.49. The van der Waals surface area contributed by atoms with Crippen molar-refractivity contribution in [3.8, 4) is 11.3 Å². The van der Waals surface area contributed by atoms with Crippen LogP contribution in [0.25, 0.3) is 11.3 Å². The summed E-state index contributed by atoms with van der Waals surface area (Å²) in [5.41, 5.74) is -0.215. The molecule has 0 saturated carbocycles. The molecule has 1 aromatic carbocycles. The van der Waals surface area contributed by atoms with Gasteiger partial charge in [0.15, 0.2) is 11.6 Å². The van der Waals surface area contributed by atoms with E-state index >= 15 is 0 Å². The van der Waals surface area contributed by atoms with Gasteiger partial charge in [-0.2, -0.15) is 0 Å². The van der Waals surface area contributed by atoms with Crippen LogP contribution in [0.4, 0.5) is 13.2 Å². The molecule has 102 valence electrons. The number of benzene rings is 1. The second kappa shape index (κ2) is 5.48. The average Bonchev–Trinajstić information content (AvgIpc) is 2.83. The van der Waals surface area contributed by atoms with Gasteiger partial charge in [-0.1, -0.05) is 6.92 Å². The van der Waals surface area contributed by atoms with E-state index in [0.29, 0.717) is 11.8 Å². The van der Waals surface area contributed by atoms with Gasteiger partial charge in [0, 0.05) is 6.07 Å². The zero-order valence-electron chi connectivity index (χ0n) is 10.6. The Hall–Kier alpha value is -1.75. The lowest BCUT2D eigenvalue weighted by molar-refractivity contribution is 0.440. The van der Waals surface area contributed by atoms with Crippen LogP contribution in [0.2, 0.25) is 0 Å². The quantitative estimate of drug-likeness (QED) is 0.847. The zero-order valence-corrected chi connectivity index (χ0v) is 10.6. The van der Waals surface area contributed by atoms with Crippen molar-refractivity contribution >= 4 is 0 Å². The van der Waals surface area contributed by atoms with E-state index in [1.54, 1.807) is 6.07 Å². The van der Waals surface area contributed by atoms with E-state index in [1.165, 1.54) is 6.07 Å². The SMILES string of the molecule is CCNC(C)c1ccc(-c2cc(F)cc(F)c2F)o1. The number of rotatable bonds is 4. The van der Waals surface area contributed by atoms with Crippen LogP contribution < -0.4 is 5.32 Å². The van der Waals surface area contributed by atoms with Gasteiger partial charge in [0.1, 0.15) is 17.3 Å². The Morgan fingerprint density at radius 2 is 1.95 bits per heavy atom. The topological polar surface area (TPSA) is 25.2 Å². The molecule has 2 rings (SSSR count). The highest BCUT2D eigenvalue weighted by atomic mass is 19.2. The average molecular weight is 269 g/mol. The minimum atomic E-state index is -1.23. The number of nitrogens with one attached hydrogen (secondary N) is 1. The van der Waals surface area contributed by atoms with E-state index in [2.05, 4.69) is 5.32 Å². The molecular weight excluding hydrogens is 255 g/mol. The Morgan fingerprint density at radius 1 is 1.21 bits per heavy atom. The summed E-state index contributed by atoms with van der Waals surface area (Å²) in [6.45, 7) is 4.58. The van der Waals surface area contributed by atoms with E-state index in [0.717, 1.165) is 12.6 Å². The molecule has 0 bridgehead atoms. The van der Waals surface area contributed by atoms with Crippen LogP contribution >= 0.6 is 0 Å². The first-order chi connectivity index (χ1) is 9.02. The van der Waals surface area contributed by atoms with Crippen LogP contribution in [0.15, 0.2) is 28.7 Å². The molecule has 1 N–H and O–H groups in total. The van der Waals surface area contributed by atoms with Gasteiger partial charge in [-0.25, -0.2) is 13.2 Å². The molecule has 1 aromatic heterocycles. The summed E-state index contributed by atoms with van der Waals surface area (Å²) >= 11 is 0. The van der Waals surface area contributed by atoms with Crippen LogP contribution in [0, 0.1) is 17.5 Å². The predicted octanol–water partition coefficient (Wildman–Crippen LogP) is 4.03. The Balaban J connectivity index is 2.38. The van der Waals surface area contributed by atoms with Gasteiger partial charge in [0.05, 0.1) is 11.6 Å². The standard InChI is InChI=1S/C14H14F3NO/c1-3-18-8(2)12-4-5-13(19-12)10-6-9(15)7-11(16)14(10)17/h4-8,18H,3H2,1-2H3. The molecule has 0 aliphatic rings. The van der Waals surface area contributed by atoms with Crippen molar-refractivity contribution in [3.05, 3.63) is 47.5 Å². The van der Waals surface area contributed by atoms with Crippen molar-refractivity contribution in [2.45, 2.75) is 19.9 Å². The highest BCUT2D eigenvalue weighted by Crippen LogP contribution is 2.29. The summed E-state index contributed by atoms with van der Waals surface area (Å²) in [6.07, 6.45) is 0. The van der Waals surface area contributed by atoms with Crippen LogP contribution in [-0.4, -0.2) is 6.54 Å².